The maximum absolute atomic E-state index is 10.9. The zero-order chi connectivity index (χ0) is 13.8. The lowest BCUT2D eigenvalue weighted by Crippen LogP contribution is -2.24. The van der Waals surface area contributed by atoms with Crippen LogP contribution in [0.5, 0.6) is 0 Å². The van der Waals surface area contributed by atoms with Crippen LogP contribution in [0.1, 0.15) is 43.0 Å². The number of halogens is 1. The monoisotopic (exact) mass is 282 g/mol. The second kappa shape index (κ2) is 6.24. The van der Waals surface area contributed by atoms with Crippen LogP contribution in [0.15, 0.2) is 12.1 Å². The lowest BCUT2D eigenvalue weighted by Gasteiger charge is -2.29. The molecule has 2 unspecified atom stereocenters. The van der Waals surface area contributed by atoms with E-state index in [-0.39, 0.29) is 10.7 Å². The van der Waals surface area contributed by atoms with Crippen LogP contribution in [0.2, 0.25) is 5.15 Å². The van der Waals surface area contributed by atoms with Crippen LogP contribution in [0.4, 0.5) is 5.82 Å². The molecule has 0 amide bonds. The molecule has 19 heavy (non-hydrogen) atoms. The van der Waals surface area contributed by atoms with Crippen LogP contribution < -0.4 is 5.32 Å². The maximum Gasteiger partial charge on any atom is 0.335 e. The van der Waals surface area contributed by atoms with E-state index >= 15 is 0 Å². The Morgan fingerprint density at radius 1 is 1.47 bits per heavy atom. The summed E-state index contributed by atoms with van der Waals surface area (Å²) in [5, 5.41) is 12.4. The summed E-state index contributed by atoms with van der Waals surface area (Å²) in [6.07, 6.45) is 5.09. The first kappa shape index (κ1) is 14.1. The molecule has 1 aromatic heterocycles. The molecular weight excluding hydrogens is 264 g/mol. The van der Waals surface area contributed by atoms with Crippen molar-refractivity contribution in [1.82, 2.24) is 4.98 Å². The number of aromatic nitrogens is 1. The molecule has 1 aliphatic rings. The fourth-order valence-corrected chi connectivity index (χ4v) is 2.85. The molecule has 1 aromatic rings. The molecule has 1 heterocycles. The van der Waals surface area contributed by atoms with Crippen LogP contribution in [-0.4, -0.2) is 22.6 Å². The van der Waals surface area contributed by atoms with Crippen molar-refractivity contribution in [1.29, 1.82) is 0 Å². The number of carboxylic acid groups (broad SMARTS) is 1. The summed E-state index contributed by atoms with van der Waals surface area (Å²) in [5.74, 6) is 0.892. The summed E-state index contributed by atoms with van der Waals surface area (Å²) in [7, 11) is 0. The smallest absolute Gasteiger partial charge is 0.335 e. The fourth-order valence-electron chi connectivity index (χ4n) is 2.64. The number of nitrogens with one attached hydrogen (secondary N) is 1. The number of hydrogen-bond acceptors (Lipinski definition) is 3. The van der Waals surface area contributed by atoms with Crippen molar-refractivity contribution in [2.24, 2.45) is 11.8 Å². The lowest BCUT2D eigenvalue weighted by molar-refractivity contribution is 0.0697. The standard InChI is InChI=1S/C14H19ClN2O2/c1-9-4-2-3-5-10(9)8-16-13-7-11(14(18)19)6-12(15)17-13/h6-7,9-10H,2-5,8H2,1H3,(H,16,17)(H,18,19). The normalized spacial score (nSPS) is 23.1. The van der Waals surface area contributed by atoms with Crippen LogP contribution in [0, 0.1) is 11.8 Å². The number of aromatic carboxylic acids is 1. The highest BCUT2D eigenvalue weighted by atomic mass is 35.5. The van der Waals surface area contributed by atoms with Crippen molar-refractivity contribution >= 4 is 23.4 Å². The van der Waals surface area contributed by atoms with Gasteiger partial charge in [0, 0.05) is 6.54 Å². The van der Waals surface area contributed by atoms with Crippen LogP contribution in [0.25, 0.3) is 0 Å². The minimum atomic E-state index is -0.988. The number of anilines is 1. The predicted octanol–water partition coefficient (Wildman–Crippen LogP) is 3.67. The number of rotatable bonds is 4. The van der Waals surface area contributed by atoms with E-state index in [0.29, 0.717) is 17.7 Å². The predicted molar refractivity (Wildman–Crippen MR) is 75.8 cm³/mol. The van der Waals surface area contributed by atoms with E-state index in [1.54, 1.807) is 0 Å². The Balaban J connectivity index is 2.00. The highest BCUT2D eigenvalue weighted by molar-refractivity contribution is 6.29. The van der Waals surface area contributed by atoms with Gasteiger partial charge in [-0.1, -0.05) is 37.8 Å². The van der Waals surface area contributed by atoms with E-state index in [2.05, 4.69) is 17.2 Å². The van der Waals surface area contributed by atoms with Crippen molar-refractivity contribution < 1.29 is 9.90 Å². The van der Waals surface area contributed by atoms with Gasteiger partial charge in [-0.2, -0.15) is 0 Å². The Kier molecular flexibility index (Phi) is 4.64. The topological polar surface area (TPSA) is 62.2 Å². The highest BCUT2D eigenvalue weighted by Gasteiger charge is 2.21. The minimum Gasteiger partial charge on any atom is -0.478 e. The summed E-state index contributed by atoms with van der Waals surface area (Å²) in [6, 6.07) is 2.89. The summed E-state index contributed by atoms with van der Waals surface area (Å²) >= 11 is 5.83. The molecule has 5 heteroatoms. The van der Waals surface area contributed by atoms with Gasteiger partial charge in [-0.05, 0) is 30.4 Å². The van der Waals surface area contributed by atoms with Gasteiger partial charge in [0.1, 0.15) is 11.0 Å². The summed E-state index contributed by atoms with van der Waals surface area (Å²) < 4.78 is 0. The molecule has 0 spiro atoms. The first-order valence-corrected chi connectivity index (χ1v) is 7.09. The van der Waals surface area contributed by atoms with Crippen LogP contribution in [-0.2, 0) is 0 Å². The molecule has 1 fully saturated rings. The average Bonchev–Trinajstić information content (AvgIpc) is 2.37. The third kappa shape index (κ3) is 3.83. The van der Waals surface area contributed by atoms with Gasteiger partial charge in [0.05, 0.1) is 5.56 Å². The molecule has 0 aliphatic heterocycles. The van der Waals surface area contributed by atoms with Crippen LogP contribution in [0.3, 0.4) is 0 Å². The number of carboxylic acids is 1. The molecule has 2 atom stereocenters. The second-order valence-corrected chi connectivity index (χ2v) is 5.66. The van der Waals surface area contributed by atoms with Gasteiger partial charge in [0.25, 0.3) is 0 Å². The Morgan fingerprint density at radius 2 is 2.21 bits per heavy atom. The van der Waals surface area contributed by atoms with E-state index in [1.165, 1.54) is 37.8 Å². The molecule has 0 radical (unpaired) electrons. The number of carbonyl (C=O) groups is 1. The Morgan fingerprint density at radius 3 is 2.89 bits per heavy atom. The molecule has 2 N–H and O–H groups in total. The summed E-state index contributed by atoms with van der Waals surface area (Å²) in [6.45, 7) is 3.10. The van der Waals surface area contributed by atoms with E-state index in [0.717, 1.165) is 6.54 Å². The molecule has 104 valence electrons. The molecular formula is C14H19ClN2O2. The van der Waals surface area contributed by atoms with E-state index in [4.69, 9.17) is 16.7 Å². The SMILES string of the molecule is CC1CCCCC1CNc1cc(C(=O)O)cc(Cl)n1. The molecule has 1 saturated carbocycles. The third-order valence-corrected chi connectivity index (χ3v) is 4.07. The molecule has 4 nitrogen and oxygen atoms in total. The quantitative estimate of drug-likeness (QED) is 0.827. The Bertz CT molecular complexity index is 465. The van der Waals surface area contributed by atoms with Gasteiger partial charge in [-0.25, -0.2) is 9.78 Å². The van der Waals surface area contributed by atoms with Gasteiger partial charge in [0.2, 0.25) is 0 Å². The van der Waals surface area contributed by atoms with E-state index < -0.39 is 5.97 Å². The van der Waals surface area contributed by atoms with Crippen molar-refractivity contribution in [3.63, 3.8) is 0 Å². The van der Waals surface area contributed by atoms with Crippen molar-refractivity contribution in [2.75, 3.05) is 11.9 Å². The Labute approximate surface area is 118 Å². The number of pyridine rings is 1. The number of hydrogen-bond donors (Lipinski definition) is 2. The van der Waals surface area contributed by atoms with Crippen molar-refractivity contribution in [2.45, 2.75) is 32.6 Å². The largest absolute Gasteiger partial charge is 0.478 e. The molecule has 1 aliphatic carbocycles. The third-order valence-electron chi connectivity index (χ3n) is 3.88. The summed E-state index contributed by atoms with van der Waals surface area (Å²) in [5.41, 5.74) is 0.166. The zero-order valence-corrected chi connectivity index (χ0v) is 11.8. The highest BCUT2D eigenvalue weighted by Crippen LogP contribution is 2.29. The maximum atomic E-state index is 10.9. The first-order chi connectivity index (χ1) is 9.06. The van der Waals surface area contributed by atoms with Gasteiger partial charge < -0.3 is 10.4 Å². The second-order valence-electron chi connectivity index (χ2n) is 5.27. The average molecular weight is 283 g/mol. The van der Waals surface area contributed by atoms with Gasteiger partial charge in [-0.3, -0.25) is 0 Å². The number of nitrogens with zero attached hydrogens (tertiary/aromatic N) is 1. The van der Waals surface area contributed by atoms with Crippen molar-refractivity contribution in [3.8, 4) is 0 Å². The van der Waals surface area contributed by atoms with Crippen LogP contribution >= 0.6 is 11.6 Å². The molecule has 0 saturated heterocycles. The zero-order valence-electron chi connectivity index (χ0n) is 11.0. The first-order valence-electron chi connectivity index (χ1n) is 6.71. The van der Waals surface area contributed by atoms with Gasteiger partial charge in [0.15, 0.2) is 0 Å². The molecule has 0 aromatic carbocycles. The molecule has 2 rings (SSSR count). The molecule has 0 bridgehead atoms. The van der Waals surface area contributed by atoms with Gasteiger partial charge >= 0.3 is 5.97 Å². The van der Waals surface area contributed by atoms with E-state index in [1.807, 2.05) is 0 Å². The minimum absolute atomic E-state index is 0.166. The Hall–Kier alpha value is -1.29. The van der Waals surface area contributed by atoms with Crippen molar-refractivity contribution in [3.05, 3.63) is 22.8 Å². The van der Waals surface area contributed by atoms with E-state index in [9.17, 15) is 4.79 Å². The lowest BCUT2D eigenvalue weighted by atomic mass is 9.80. The summed E-state index contributed by atoms with van der Waals surface area (Å²) in [4.78, 5) is 15.1. The fraction of sp³-hybridized carbons (Fsp3) is 0.571. The van der Waals surface area contributed by atoms with Gasteiger partial charge in [-0.15, -0.1) is 0 Å².